The Kier molecular flexibility index (Phi) is 6.52. The molecule has 2 amide bonds. The maximum atomic E-state index is 13.1. The highest BCUT2D eigenvalue weighted by Crippen LogP contribution is 2.22. The lowest BCUT2D eigenvalue weighted by molar-refractivity contribution is -0.119. The average Bonchev–Trinajstić information content (AvgIpc) is 2.73. The van der Waals surface area contributed by atoms with Crippen LogP contribution in [0.4, 0.5) is 11.4 Å². The van der Waals surface area contributed by atoms with Crippen molar-refractivity contribution in [2.75, 3.05) is 17.2 Å². The third kappa shape index (κ3) is 5.36. The number of rotatable bonds is 6. The van der Waals surface area contributed by atoms with Gasteiger partial charge >= 0.3 is 0 Å². The molecule has 0 saturated heterocycles. The van der Waals surface area contributed by atoms with E-state index in [0.717, 1.165) is 11.1 Å². The molecule has 3 aromatic rings. The van der Waals surface area contributed by atoms with Gasteiger partial charge in [0.1, 0.15) is 6.54 Å². The van der Waals surface area contributed by atoms with Crippen molar-refractivity contribution >= 4 is 34.8 Å². The summed E-state index contributed by atoms with van der Waals surface area (Å²) in [6.45, 7) is 2.29. The first kappa shape index (κ1) is 20.4. The van der Waals surface area contributed by atoms with Crippen LogP contribution in [0.25, 0.3) is 0 Å². The molecular weight excluding hydrogens is 386 g/mol. The summed E-state index contributed by atoms with van der Waals surface area (Å²) >= 11 is 5.96. The monoisotopic (exact) mass is 407 g/mol. The molecule has 0 heterocycles. The van der Waals surface area contributed by atoms with E-state index in [0.29, 0.717) is 28.5 Å². The van der Waals surface area contributed by atoms with Crippen LogP contribution in [0.3, 0.4) is 0 Å². The maximum Gasteiger partial charge on any atom is 0.258 e. The van der Waals surface area contributed by atoms with E-state index in [2.05, 4.69) is 5.32 Å². The van der Waals surface area contributed by atoms with E-state index in [-0.39, 0.29) is 18.4 Å². The van der Waals surface area contributed by atoms with Crippen LogP contribution in [0.15, 0.2) is 72.8 Å². The summed E-state index contributed by atoms with van der Waals surface area (Å²) in [5, 5.41) is 3.25. The first-order valence-electron chi connectivity index (χ1n) is 9.18. The minimum Gasteiger partial charge on any atom is -0.398 e. The fraction of sp³-hybridized carbons (Fsp3) is 0.130. The van der Waals surface area contributed by atoms with E-state index in [1.807, 2.05) is 49.4 Å². The number of nitrogens with zero attached hydrogens (tertiary/aromatic N) is 1. The highest BCUT2D eigenvalue weighted by atomic mass is 35.5. The second kappa shape index (κ2) is 9.26. The molecule has 29 heavy (non-hydrogen) atoms. The topological polar surface area (TPSA) is 75.4 Å². The third-order valence-electron chi connectivity index (χ3n) is 4.47. The molecule has 0 spiro atoms. The summed E-state index contributed by atoms with van der Waals surface area (Å²) in [6, 6.07) is 21.7. The van der Waals surface area contributed by atoms with E-state index in [1.54, 1.807) is 24.3 Å². The highest BCUT2D eigenvalue weighted by Gasteiger charge is 2.21. The van der Waals surface area contributed by atoms with Gasteiger partial charge in [-0.05, 0) is 42.8 Å². The van der Waals surface area contributed by atoms with Gasteiger partial charge in [0, 0.05) is 17.8 Å². The molecule has 0 unspecified atom stereocenters. The molecule has 6 heteroatoms. The second-order valence-corrected chi connectivity index (χ2v) is 7.13. The Hall–Kier alpha value is -3.31. The average molecular weight is 408 g/mol. The largest absolute Gasteiger partial charge is 0.398 e. The number of benzene rings is 3. The number of amides is 2. The molecule has 0 aromatic heterocycles. The Morgan fingerprint density at radius 1 is 1.00 bits per heavy atom. The lowest BCUT2D eigenvalue weighted by atomic mass is 10.1. The summed E-state index contributed by atoms with van der Waals surface area (Å²) < 4.78 is 0. The Bertz CT molecular complexity index is 1000. The van der Waals surface area contributed by atoms with Crippen molar-refractivity contribution in [1.82, 2.24) is 5.32 Å². The van der Waals surface area contributed by atoms with Crippen molar-refractivity contribution in [2.45, 2.75) is 13.5 Å². The first-order chi connectivity index (χ1) is 13.9. The zero-order valence-corrected chi connectivity index (χ0v) is 16.8. The number of hydrogen-bond acceptors (Lipinski definition) is 3. The van der Waals surface area contributed by atoms with Crippen molar-refractivity contribution in [3.63, 3.8) is 0 Å². The number of halogens is 1. The molecule has 0 saturated carbocycles. The van der Waals surface area contributed by atoms with E-state index < -0.39 is 0 Å². The van der Waals surface area contributed by atoms with Gasteiger partial charge in [0.15, 0.2) is 0 Å². The van der Waals surface area contributed by atoms with E-state index in [1.165, 1.54) is 11.0 Å². The molecule has 3 rings (SSSR count). The Morgan fingerprint density at radius 3 is 2.34 bits per heavy atom. The fourth-order valence-corrected chi connectivity index (χ4v) is 2.94. The molecule has 0 radical (unpaired) electrons. The first-order valence-corrected chi connectivity index (χ1v) is 9.56. The molecule has 5 nitrogen and oxygen atoms in total. The fourth-order valence-electron chi connectivity index (χ4n) is 2.83. The smallest absolute Gasteiger partial charge is 0.258 e. The second-order valence-electron chi connectivity index (χ2n) is 6.73. The number of nitrogens with one attached hydrogen (secondary N) is 1. The Labute approximate surface area is 175 Å². The van der Waals surface area contributed by atoms with Gasteiger partial charge < -0.3 is 11.1 Å². The number of nitrogen functional groups attached to an aromatic ring is 1. The molecule has 0 aliphatic carbocycles. The summed E-state index contributed by atoms with van der Waals surface area (Å²) in [4.78, 5) is 27.1. The molecule has 0 bridgehead atoms. The standard InChI is InChI=1S/C23H22ClN3O2/c1-16-7-9-17(10-8-16)14-26-22(28)15-27(19-5-3-2-4-6-19)23(29)18-11-12-20(24)21(25)13-18/h2-13H,14-15,25H2,1H3,(H,26,28). The van der Waals surface area contributed by atoms with Gasteiger partial charge in [-0.3, -0.25) is 14.5 Å². The number of carbonyl (C=O) groups excluding carboxylic acids is 2. The van der Waals surface area contributed by atoms with Gasteiger partial charge in [0.05, 0.1) is 10.7 Å². The van der Waals surface area contributed by atoms with Gasteiger partial charge in [0.25, 0.3) is 5.91 Å². The Morgan fingerprint density at radius 2 is 1.69 bits per heavy atom. The summed E-state index contributed by atoms with van der Waals surface area (Å²) in [5.74, 6) is -0.588. The lowest BCUT2D eigenvalue weighted by Gasteiger charge is -2.23. The number of aryl methyl sites for hydroxylation is 1. The zero-order valence-electron chi connectivity index (χ0n) is 16.1. The van der Waals surface area contributed by atoms with Gasteiger partial charge in [-0.2, -0.15) is 0 Å². The number of nitrogens with two attached hydrogens (primary N) is 1. The van der Waals surface area contributed by atoms with Crippen molar-refractivity contribution < 1.29 is 9.59 Å². The molecule has 3 N–H and O–H groups in total. The van der Waals surface area contributed by atoms with Crippen LogP contribution in [-0.4, -0.2) is 18.4 Å². The van der Waals surface area contributed by atoms with Gasteiger partial charge in [0.2, 0.25) is 5.91 Å². The molecule has 148 valence electrons. The van der Waals surface area contributed by atoms with Crippen LogP contribution in [-0.2, 0) is 11.3 Å². The predicted molar refractivity (Wildman–Crippen MR) is 117 cm³/mol. The maximum absolute atomic E-state index is 13.1. The quantitative estimate of drug-likeness (QED) is 0.601. The van der Waals surface area contributed by atoms with Gasteiger partial charge in [-0.1, -0.05) is 59.6 Å². The molecule has 0 fully saturated rings. The molecule has 0 aliphatic heterocycles. The van der Waals surface area contributed by atoms with Crippen molar-refractivity contribution in [2.24, 2.45) is 0 Å². The predicted octanol–water partition coefficient (Wildman–Crippen LogP) is 4.19. The lowest BCUT2D eigenvalue weighted by Crippen LogP contribution is -2.40. The SMILES string of the molecule is Cc1ccc(CNC(=O)CN(C(=O)c2ccc(Cl)c(N)c2)c2ccccc2)cc1. The molecule has 3 aromatic carbocycles. The molecular formula is C23H22ClN3O2. The van der Waals surface area contributed by atoms with Crippen LogP contribution in [0, 0.1) is 6.92 Å². The minimum absolute atomic E-state index is 0.114. The van der Waals surface area contributed by atoms with Crippen LogP contribution in [0.2, 0.25) is 5.02 Å². The van der Waals surface area contributed by atoms with Gasteiger partial charge in [-0.15, -0.1) is 0 Å². The number of carbonyl (C=O) groups is 2. The number of hydrogen-bond donors (Lipinski definition) is 2. The van der Waals surface area contributed by atoms with Crippen LogP contribution in [0.1, 0.15) is 21.5 Å². The van der Waals surface area contributed by atoms with Crippen LogP contribution < -0.4 is 16.0 Å². The summed E-state index contributed by atoms with van der Waals surface area (Å²) in [6.07, 6.45) is 0. The van der Waals surface area contributed by atoms with Crippen LogP contribution in [0.5, 0.6) is 0 Å². The zero-order chi connectivity index (χ0) is 20.8. The van der Waals surface area contributed by atoms with E-state index >= 15 is 0 Å². The van der Waals surface area contributed by atoms with Crippen molar-refractivity contribution in [3.05, 3.63) is 94.5 Å². The number of para-hydroxylation sites is 1. The molecule has 0 aliphatic rings. The number of anilines is 2. The minimum atomic E-state index is -0.329. The molecule has 0 atom stereocenters. The van der Waals surface area contributed by atoms with Crippen LogP contribution >= 0.6 is 11.6 Å². The normalized spacial score (nSPS) is 10.4. The highest BCUT2D eigenvalue weighted by molar-refractivity contribution is 6.33. The van der Waals surface area contributed by atoms with Crippen molar-refractivity contribution in [3.8, 4) is 0 Å². The van der Waals surface area contributed by atoms with E-state index in [9.17, 15) is 9.59 Å². The summed E-state index contributed by atoms with van der Waals surface area (Å²) in [7, 11) is 0. The van der Waals surface area contributed by atoms with Crippen molar-refractivity contribution in [1.29, 1.82) is 0 Å². The Balaban J connectivity index is 1.76. The summed E-state index contributed by atoms with van der Waals surface area (Å²) in [5.41, 5.74) is 9.29. The van der Waals surface area contributed by atoms with E-state index in [4.69, 9.17) is 17.3 Å². The van der Waals surface area contributed by atoms with Gasteiger partial charge in [-0.25, -0.2) is 0 Å². The third-order valence-corrected chi connectivity index (χ3v) is 4.81.